The molecule has 1 aliphatic heterocycles. The average molecular weight is 588 g/mol. The second-order valence-electron chi connectivity index (χ2n) is 8.10. The number of fused-ring (bicyclic) bond motifs is 1. The molecule has 13 heteroatoms. The van der Waals surface area contributed by atoms with Gasteiger partial charge in [-0.05, 0) is 37.6 Å². The van der Waals surface area contributed by atoms with E-state index in [1.807, 2.05) is 24.3 Å². The highest BCUT2D eigenvalue weighted by atomic mass is 79.9. The number of sulfonamides is 1. The first kappa shape index (κ1) is 24.4. The molecular formula is C23H18BrN5O5S2. The van der Waals surface area contributed by atoms with Crippen LogP contribution in [-0.4, -0.2) is 30.9 Å². The number of nitrogens with one attached hydrogen (secondary N) is 2. The molecule has 0 spiro atoms. The van der Waals surface area contributed by atoms with Crippen LogP contribution in [0.15, 0.2) is 62.1 Å². The maximum atomic E-state index is 13.3. The zero-order valence-electron chi connectivity index (χ0n) is 18.7. The van der Waals surface area contributed by atoms with Gasteiger partial charge < -0.3 is 4.55 Å². The van der Waals surface area contributed by atoms with E-state index in [1.54, 1.807) is 6.92 Å². The molecule has 3 heterocycles. The first-order valence-corrected chi connectivity index (χ1v) is 13.8. The predicted molar refractivity (Wildman–Crippen MR) is 138 cm³/mol. The molecule has 2 aromatic heterocycles. The number of halogens is 1. The molecule has 1 aliphatic rings. The average Bonchev–Trinajstić information content (AvgIpc) is 3.32. The van der Waals surface area contributed by atoms with Crippen LogP contribution >= 0.6 is 27.3 Å². The zero-order valence-corrected chi connectivity index (χ0v) is 21.9. The van der Waals surface area contributed by atoms with Gasteiger partial charge in [0.2, 0.25) is 11.8 Å². The third kappa shape index (κ3) is 4.50. The maximum absolute atomic E-state index is 13.3. The van der Waals surface area contributed by atoms with E-state index in [1.165, 1.54) is 29.0 Å². The van der Waals surface area contributed by atoms with Gasteiger partial charge in [0.1, 0.15) is 28.1 Å². The Balaban J connectivity index is 1.51. The quantitative estimate of drug-likeness (QED) is 0.268. The summed E-state index contributed by atoms with van der Waals surface area (Å²) in [5.41, 5.74) is 0.555. The van der Waals surface area contributed by atoms with Gasteiger partial charge in [-0.25, -0.2) is 9.97 Å². The second-order valence-corrected chi connectivity index (χ2v) is 12.0. The van der Waals surface area contributed by atoms with E-state index in [0.717, 1.165) is 21.4 Å². The number of hydrogen-bond acceptors (Lipinski definition) is 8. The van der Waals surface area contributed by atoms with Crippen molar-refractivity contribution in [2.45, 2.75) is 30.0 Å². The van der Waals surface area contributed by atoms with Gasteiger partial charge in [-0.15, -0.1) is 0 Å². The minimum Gasteiger partial charge on any atom is -0.588 e. The van der Waals surface area contributed by atoms with Gasteiger partial charge in [-0.1, -0.05) is 49.7 Å². The maximum Gasteiger partial charge on any atom is 0.262 e. The molecule has 2 atom stereocenters. The van der Waals surface area contributed by atoms with E-state index in [9.17, 15) is 23.1 Å². The molecule has 1 saturated heterocycles. The van der Waals surface area contributed by atoms with E-state index >= 15 is 0 Å². The number of imide groups is 1. The van der Waals surface area contributed by atoms with Crippen LogP contribution in [-0.2, 0) is 24.2 Å². The molecule has 10 nitrogen and oxygen atoms in total. The molecule has 2 amide bonds. The van der Waals surface area contributed by atoms with Gasteiger partial charge in [0.15, 0.2) is 10.4 Å². The Bertz CT molecular complexity index is 1650. The number of nitrogens with zero attached hydrogens (tertiary/aromatic N) is 3. The lowest BCUT2D eigenvalue weighted by Crippen LogP contribution is -2.45. The second kappa shape index (κ2) is 9.32. The molecule has 2 unspecified atom stereocenters. The number of aromatic nitrogens is 3. The van der Waals surface area contributed by atoms with Gasteiger partial charge in [-0.3, -0.25) is 24.3 Å². The normalized spacial score (nSPS) is 17.6. The number of carbonyl (C=O) groups excluding carboxylic acids is 2. The largest absolute Gasteiger partial charge is 0.588 e. The first-order chi connectivity index (χ1) is 17.1. The zero-order chi connectivity index (χ0) is 25.6. The van der Waals surface area contributed by atoms with Crippen molar-refractivity contribution in [3.05, 3.63) is 69.3 Å². The number of carbonyl (C=O) groups is 2. The van der Waals surface area contributed by atoms with Crippen LogP contribution in [0.3, 0.4) is 0 Å². The fourth-order valence-corrected chi connectivity index (χ4v) is 6.63. The summed E-state index contributed by atoms with van der Waals surface area (Å²) in [5.74, 6) is -0.734. The molecule has 184 valence electrons. The molecule has 0 aliphatic carbocycles. The van der Waals surface area contributed by atoms with E-state index in [0.29, 0.717) is 5.01 Å². The summed E-state index contributed by atoms with van der Waals surface area (Å²) in [6, 6.07) is 11.1. The minimum atomic E-state index is -4.03. The molecule has 36 heavy (non-hydrogen) atoms. The van der Waals surface area contributed by atoms with E-state index < -0.39 is 33.8 Å². The van der Waals surface area contributed by atoms with Crippen molar-refractivity contribution >= 4 is 66.1 Å². The lowest BCUT2D eigenvalue weighted by Gasteiger charge is -2.24. The highest BCUT2D eigenvalue weighted by Crippen LogP contribution is 2.33. The summed E-state index contributed by atoms with van der Waals surface area (Å²) >= 11 is 4.41. The van der Waals surface area contributed by atoms with E-state index in [4.69, 9.17) is 0 Å². The fraction of sp³-hybridized carbons (Fsp3) is 0.174. The molecular weight excluding hydrogens is 570 g/mol. The van der Waals surface area contributed by atoms with Crippen molar-refractivity contribution in [3.8, 4) is 10.6 Å². The number of hydrogen-bond donors (Lipinski definition) is 2. The fourth-order valence-electron chi connectivity index (χ4n) is 4.04. The number of para-hydroxylation sites is 1. The molecule has 2 N–H and O–H groups in total. The number of rotatable bonds is 5. The summed E-state index contributed by atoms with van der Waals surface area (Å²) < 4.78 is 31.0. The number of anilines is 1. The number of piperidine rings is 1. The Morgan fingerprint density at radius 2 is 2.00 bits per heavy atom. The number of thiazole rings is 1. The molecule has 2 aromatic carbocycles. The molecule has 4 aromatic rings. The summed E-state index contributed by atoms with van der Waals surface area (Å²) in [5, 5.41) is 2.92. The van der Waals surface area contributed by atoms with Crippen LogP contribution in [0.4, 0.5) is 5.69 Å². The van der Waals surface area contributed by atoms with Gasteiger partial charge in [0.25, 0.3) is 9.77 Å². The predicted octanol–water partition coefficient (Wildman–Crippen LogP) is 3.58. The molecule has 0 saturated carbocycles. The molecule has 1 fully saturated rings. The van der Waals surface area contributed by atoms with Crippen LogP contribution in [0, 0.1) is 6.92 Å². The summed E-state index contributed by atoms with van der Waals surface area (Å²) in [4.78, 5) is 45.9. The van der Waals surface area contributed by atoms with E-state index in [2.05, 4.69) is 35.9 Å². The van der Waals surface area contributed by atoms with E-state index in [-0.39, 0.29) is 39.5 Å². The Labute approximate surface area is 218 Å². The molecule has 5 rings (SSSR count). The van der Waals surface area contributed by atoms with Crippen LogP contribution in [0.5, 0.6) is 0 Å². The SMILES string of the molecule is Cc1nc2c(N[S+](=O)([O-])c3cnc(-c4cccc(Br)c4)s3)cccc2c(=O)n1C1CCC(=O)NC1=O. The lowest BCUT2D eigenvalue weighted by atomic mass is 10.1. The van der Waals surface area contributed by atoms with Crippen molar-refractivity contribution in [1.82, 2.24) is 19.9 Å². The Kier molecular flexibility index (Phi) is 6.32. The Morgan fingerprint density at radius 3 is 2.75 bits per heavy atom. The van der Waals surface area contributed by atoms with Crippen molar-refractivity contribution in [1.29, 1.82) is 0 Å². The number of aryl methyl sites for hydroxylation is 1. The van der Waals surface area contributed by atoms with Crippen LogP contribution in [0.2, 0.25) is 0 Å². The summed E-state index contributed by atoms with van der Waals surface area (Å²) in [7, 11) is -4.03. The van der Waals surface area contributed by atoms with Gasteiger partial charge >= 0.3 is 0 Å². The minimum absolute atomic E-state index is 0.00286. The molecule has 0 radical (unpaired) electrons. The van der Waals surface area contributed by atoms with Crippen LogP contribution in [0.1, 0.15) is 24.7 Å². The monoisotopic (exact) mass is 587 g/mol. The van der Waals surface area contributed by atoms with Crippen molar-refractivity contribution in [2.24, 2.45) is 0 Å². The standard InChI is InChI=1S/C23H18BrN5O5S2/c1-12-26-20-15(23(32)29(12)17-8-9-18(30)27-21(17)31)6-3-7-16(20)28-36(33,34)19-11-25-22(35-19)13-4-2-5-14(24)10-13/h2-7,10-11,17H,8-9H2,1H3,(H2-,27,28,30,31,33,34). The smallest absolute Gasteiger partial charge is 0.262 e. The highest BCUT2D eigenvalue weighted by Gasteiger charge is 2.31. The van der Waals surface area contributed by atoms with Crippen molar-refractivity contribution in [3.63, 3.8) is 0 Å². The first-order valence-electron chi connectivity index (χ1n) is 10.7. The topological polar surface area (TPSA) is 146 Å². The summed E-state index contributed by atoms with van der Waals surface area (Å²) in [6.45, 7) is 1.56. The summed E-state index contributed by atoms with van der Waals surface area (Å²) in [6.07, 6.45) is 1.57. The third-order valence-corrected chi connectivity index (χ3v) is 9.06. The lowest BCUT2D eigenvalue weighted by molar-refractivity contribution is -0.135. The molecule has 0 bridgehead atoms. The number of amides is 2. The van der Waals surface area contributed by atoms with Gasteiger partial charge in [0.05, 0.1) is 11.6 Å². The Morgan fingerprint density at radius 1 is 1.22 bits per heavy atom. The van der Waals surface area contributed by atoms with Gasteiger partial charge in [-0.2, -0.15) is 4.72 Å². The van der Waals surface area contributed by atoms with Crippen LogP contribution < -0.4 is 15.6 Å². The highest BCUT2D eigenvalue weighted by molar-refractivity contribution is 9.10. The number of benzene rings is 2. The van der Waals surface area contributed by atoms with Crippen molar-refractivity contribution in [2.75, 3.05) is 4.72 Å². The Hall–Kier alpha value is -3.26. The van der Waals surface area contributed by atoms with Gasteiger partial charge in [0, 0.05) is 16.5 Å². The van der Waals surface area contributed by atoms with Crippen LogP contribution in [0.25, 0.3) is 21.5 Å². The van der Waals surface area contributed by atoms with Crippen molar-refractivity contribution < 1.29 is 18.4 Å². The third-order valence-electron chi connectivity index (χ3n) is 5.69.